The number of rotatable bonds is 3. The third-order valence-corrected chi connectivity index (χ3v) is 5.47. The predicted molar refractivity (Wildman–Crippen MR) is 110 cm³/mol. The first-order chi connectivity index (χ1) is 13.7. The van der Waals surface area contributed by atoms with Crippen molar-refractivity contribution in [2.75, 3.05) is 19.6 Å². The van der Waals surface area contributed by atoms with E-state index in [0.29, 0.717) is 5.57 Å². The van der Waals surface area contributed by atoms with E-state index in [0.717, 1.165) is 47.7 Å². The maximum Gasteiger partial charge on any atom is 0.205 e. The molecule has 2 aromatic rings. The molecule has 2 aliphatic heterocycles. The highest BCUT2D eigenvalue weighted by atomic mass is 16.5. The molecule has 2 aromatic carbocycles. The van der Waals surface area contributed by atoms with Gasteiger partial charge < -0.3 is 15.4 Å². The highest BCUT2D eigenvalue weighted by molar-refractivity contribution is 5.62. The first kappa shape index (κ1) is 18.1. The summed E-state index contributed by atoms with van der Waals surface area (Å²) >= 11 is 0. The maximum atomic E-state index is 9.80. The number of nitrogens with zero attached hydrogens (tertiary/aromatic N) is 1. The third kappa shape index (κ3) is 3.33. The fourth-order valence-electron chi connectivity index (χ4n) is 4.06. The first-order valence-corrected chi connectivity index (χ1v) is 9.66. The Kier molecular flexibility index (Phi) is 5.01. The molecule has 28 heavy (non-hydrogen) atoms. The smallest absolute Gasteiger partial charge is 0.205 e. The van der Waals surface area contributed by atoms with E-state index < -0.39 is 0 Å². The summed E-state index contributed by atoms with van der Waals surface area (Å²) in [7, 11) is 0. The Morgan fingerprint density at radius 1 is 1.11 bits per heavy atom. The zero-order valence-electron chi connectivity index (χ0n) is 16.0. The second-order valence-electron chi connectivity index (χ2n) is 7.23. The van der Waals surface area contributed by atoms with Gasteiger partial charge in [0.05, 0.1) is 12.5 Å². The van der Waals surface area contributed by atoms with Crippen LogP contribution in [-0.2, 0) is 4.74 Å². The van der Waals surface area contributed by atoms with Gasteiger partial charge in [-0.15, -0.1) is 0 Å². The minimum Gasteiger partial charge on any atom is -0.440 e. The van der Waals surface area contributed by atoms with Crippen molar-refractivity contribution in [3.63, 3.8) is 0 Å². The summed E-state index contributed by atoms with van der Waals surface area (Å²) in [6, 6.07) is 22.7. The Labute approximate surface area is 165 Å². The van der Waals surface area contributed by atoms with E-state index in [4.69, 9.17) is 10.5 Å². The fraction of sp³-hybridized carbons (Fsp3) is 0.208. The molecule has 0 aliphatic carbocycles. The number of nitrogens with one attached hydrogen (secondary N) is 1. The number of hydrogen-bond acceptors (Lipinski definition) is 3. The molecule has 0 amide bonds. The summed E-state index contributed by atoms with van der Waals surface area (Å²) in [4.78, 5) is 1.45. The normalized spacial score (nSPS) is 23.2. The van der Waals surface area contributed by atoms with Gasteiger partial charge in [-0.1, -0.05) is 60.7 Å². The van der Waals surface area contributed by atoms with Gasteiger partial charge in [-0.05, 0) is 24.1 Å². The number of nitrogens with two attached hydrogens (primary N) is 1. The minimum atomic E-state index is -0.157. The van der Waals surface area contributed by atoms with Gasteiger partial charge in [-0.3, -0.25) is 0 Å². The number of benzene rings is 2. The van der Waals surface area contributed by atoms with E-state index >= 15 is 0 Å². The van der Waals surface area contributed by atoms with E-state index in [2.05, 4.69) is 43.3 Å². The molecule has 0 aromatic heterocycles. The van der Waals surface area contributed by atoms with E-state index in [9.17, 15) is 5.26 Å². The molecule has 4 rings (SSSR count). The molecule has 1 unspecified atom stereocenters. The predicted octanol–water partition coefficient (Wildman–Crippen LogP) is 2.75. The fourth-order valence-corrected chi connectivity index (χ4v) is 4.06. The summed E-state index contributed by atoms with van der Waals surface area (Å²) in [5.74, 6) is 0.899. The van der Waals surface area contributed by atoms with Crippen molar-refractivity contribution >= 4 is 6.08 Å². The molecule has 2 aliphatic rings. The van der Waals surface area contributed by atoms with Crippen molar-refractivity contribution in [1.29, 1.82) is 5.26 Å². The van der Waals surface area contributed by atoms with Gasteiger partial charge in [0.25, 0.3) is 0 Å². The Balaban J connectivity index is 1.87. The van der Waals surface area contributed by atoms with E-state index in [-0.39, 0.29) is 11.8 Å². The van der Waals surface area contributed by atoms with Crippen molar-refractivity contribution in [1.82, 2.24) is 0 Å². The van der Waals surface area contributed by atoms with Gasteiger partial charge in [-0.25, -0.2) is 0 Å². The SMILES string of the molecule is CC[NH+]1CC2=C(OC(N)=C(C#N)[C@H]2c2ccccc2)/C(=C\c2ccccc2)C1. The van der Waals surface area contributed by atoms with Crippen LogP contribution >= 0.6 is 0 Å². The Bertz CT molecular complexity index is 997. The van der Waals surface area contributed by atoms with E-state index in [1.54, 1.807) is 0 Å². The Hall–Kier alpha value is -3.29. The maximum absolute atomic E-state index is 9.80. The lowest BCUT2D eigenvalue weighted by Crippen LogP contribution is -3.12. The van der Waals surface area contributed by atoms with Gasteiger partial charge in [0, 0.05) is 11.1 Å². The molecule has 4 nitrogen and oxygen atoms in total. The molecule has 2 atom stereocenters. The molecule has 4 heteroatoms. The second-order valence-corrected chi connectivity index (χ2v) is 7.23. The molecule has 3 N–H and O–H groups in total. The Morgan fingerprint density at radius 2 is 1.79 bits per heavy atom. The molecule has 140 valence electrons. The van der Waals surface area contributed by atoms with Crippen molar-refractivity contribution in [3.8, 4) is 6.07 Å². The molecule has 0 fully saturated rings. The van der Waals surface area contributed by atoms with Crippen LogP contribution in [0.4, 0.5) is 0 Å². The number of hydrogen-bond donors (Lipinski definition) is 2. The lowest BCUT2D eigenvalue weighted by Gasteiger charge is -2.35. The monoisotopic (exact) mass is 370 g/mol. The number of nitriles is 1. The zero-order valence-corrected chi connectivity index (χ0v) is 16.0. The van der Waals surface area contributed by atoms with Crippen LogP contribution in [0.15, 0.2) is 89.0 Å². The van der Waals surface area contributed by atoms with Crippen molar-refractivity contribution in [2.45, 2.75) is 12.8 Å². The van der Waals surface area contributed by atoms with Gasteiger partial charge in [0.2, 0.25) is 5.88 Å². The molecule has 0 spiro atoms. The molecular weight excluding hydrogens is 346 g/mol. The van der Waals surface area contributed by atoms with Crippen LogP contribution in [-0.4, -0.2) is 19.6 Å². The van der Waals surface area contributed by atoms with Crippen LogP contribution in [0.5, 0.6) is 0 Å². The van der Waals surface area contributed by atoms with Crippen LogP contribution in [0, 0.1) is 11.3 Å². The molecule has 2 heterocycles. The van der Waals surface area contributed by atoms with Crippen molar-refractivity contribution in [2.24, 2.45) is 5.73 Å². The number of quaternary nitrogens is 1. The van der Waals surface area contributed by atoms with Crippen molar-refractivity contribution in [3.05, 3.63) is 100 Å². The summed E-state index contributed by atoms with van der Waals surface area (Å²) in [5.41, 5.74) is 11.2. The second kappa shape index (κ2) is 7.75. The Morgan fingerprint density at radius 3 is 2.43 bits per heavy atom. The summed E-state index contributed by atoms with van der Waals surface area (Å²) in [6.45, 7) is 4.92. The summed E-state index contributed by atoms with van der Waals surface area (Å²) < 4.78 is 6.06. The molecule has 0 saturated carbocycles. The van der Waals surface area contributed by atoms with Crippen LogP contribution in [0.2, 0.25) is 0 Å². The highest BCUT2D eigenvalue weighted by Gasteiger charge is 2.39. The van der Waals surface area contributed by atoms with Crippen LogP contribution < -0.4 is 10.6 Å². The molecule has 0 saturated heterocycles. The topological polar surface area (TPSA) is 63.5 Å². The first-order valence-electron chi connectivity index (χ1n) is 9.66. The minimum absolute atomic E-state index is 0.157. The summed E-state index contributed by atoms with van der Waals surface area (Å²) in [5, 5.41) is 9.80. The number of allylic oxidation sites excluding steroid dienone is 1. The highest BCUT2D eigenvalue weighted by Crippen LogP contribution is 2.41. The zero-order chi connectivity index (χ0) is 19.5. The van der Waals surface area contributed by atoms with Gasteiger partial charge in [0.15, 0.2) is 0 Å². The molecule has 0 radical (unpaired) electrons. The molecular formula is C24H24N3O+. The lowest BCUT2D eigenvalue weighted by molar-refractivity contribution is -0.890. The van der Waals surface area contributed by atoms with Crippen LogP contribution in [0.25, 0.3) is 6.08 Å². The van der Waals surface area contributed by atoms with Gasteiger partial charge in [-0.2, -0.15) is 5.26 Å². The number of likely N-dealkylation sites (N-methyl/N-ethyl adjacent to an activating group) is 1. The van der Waals surface area contributed by atoms with E-state index in [1.807, 2.05) is 36.4 Å². The average molecular weight is 370 g/mol. The number of ether oxygens (including phenoxy) is 1. The van der Waals surface area contributed by atoms with Crippen LogP contribution in [0.1, 0.15) is 24.0 Å². The van der Waals surface area contributed by atoms with Gasteiger partial charge >= 0.3 is 0 Å². The largest absolute Gasteiger partial charge is 0.440 e. The van der Waals surface area contributed by atoms with Gasteiger partial charge in [0.1, 0.15) is 30.5 Å². The van der Waals surface area contributed by atoms with Crippen molar-refractivity contribution < 1.29 is 9.64 Å². The summed E-state index contributed by atoms with van der Waals surface area (Å²) in [6.07, 6.45) is 2.18. The molecule has 0 bridgehead atoms. The average Bonchev–Trinajstić information content (AvgIpc) is 2.74. The third-order valence-electron chi connectivity index (χ3n) is 5.47. The van der Waals surface area contributed by atoms with E-state index in [1.165, 1.54) is 4.90 Å². The van der Waals surface area contributed by atoms with Crippen LogP contribution in [0.3, 0.4) is 0 Å². The standard InChI is InChI=1S/C24H23N3O/c1-2-27-15-19(13-17-9-5-3-6-10-17)23-21(16-27)22(18-11-7-4-8-12-18)20(14-25)24(26)28-23/h3-13,22H,2,15-16,26H2,1H3/p+1/b19-13-/t22-/m1/s1. The quantitative estimate of drug-likeness (QED) is 0.873. The lowest BCUT2D eigenvalue weighted by atomic mass is 9.80.